The van der Waals surface area contributed by atoms with E-state index in [1.54, 1.807) is 61.6 Å². The number of nitrogens with one attached hydrogen (secondary N) is 2. The number of hydrogen-bond donors (Lipinski definition) is 2. The van der Waals surface area contributed by atoms with Crippen LogP contribution in [0.1, 0.15) is 17.9 Å². The van der Waals surface area contributed by atoms with Crippen LogP contribution < -0.4 is 20.1 Å². The second-order valence-corrected chi connectivity index (χ2v) is 8.87. The van der Waals surface area contributed by atoms with Crippen molar-refractivity contribution in [3.05, 3.63) is 83.4 Å². The van der Waals surface area contributed by atoms with Gasteiger partial charge in [-0.3, -0.25) is 4.79 Å². The average molecular weight is 494 g/mol. The summed E-state index contributed by atoms with van der Waals surface area (Å²) in [5.41, 5.74) is 2.29. The van der Waals surface area contributed by atoms with E-state index >= 15 is 0 Å². The van der Waals surface area contributed by atoms with Crippen LogP contribution in [0.2, 0.25) is 5.02 Å². The molecule has 1 fully saturated rings. The molecule has 3 amide bonds. The smallest absolute Gasteiger partial charge is 0.321 e. The molecule has 8 heteroatoms. The van der Waals surface area contributed by atoms with Crippen molar-refractivity contribution in [1.82, 2.24) is 4.90 Å². The van der Waals surface area contributed by atoms with Crippen LogP contribution in [-0.2, 0) is 4.79 Å². The first-order valence-corrected chi connectivity index (χ1v) is 11.7. The first-order valence-electron chi connectivity index (χ1n) is 11.4. The van der Waals surface area contributed by atoms with Crippen LogP contribution in [0, 0.1) is 5.92 Å². The highest BCUT2D eigenvalue weighted by atomic mass is 35.5. The molecular weight excluding hydrogens is 466 g/mol. The Kier molecular flexibility index (Phi) is 7.77. The lowest BCUT2D eigenvalue weighted by molar-refractivity contribution is -0.121. The van der Waals surface area contributed by atoms with Gasteiger partial charge in [0.05, 0.1) is 25.8 Å². The van der Waals surface area contributed by atoms with Gasteiger partial charge in [-0.2, -0.15) is 0 Å². The molecule has 35 heavy (non-hydrogen) atoms. The van der Waals surface area contributed by atoms with Gasteiger partial charge in [-0.25, -0.2) is 4.79 Å². The minimum absolute atomic E-state index is 0.0226. The van der Waals surface area contributed by atoms with E-state index in [0.29, 0.717) is 47.4 Å². The molecule has 0 radical (unpaired) electrons. The summed E-state index contributed by atoms with van der Waals surface area (Å²) in [6.45, 7) is 0.812. The molecule has 1 aliphatic heterocycles. The van der Waals surface area contributed by atoms with Crippen molar-refractivity contribution in [2.24, 2.45) is 5.92 Å². The Labute approximate surface area is 210 Å². The van der Waals surface area contributed by atoms with Crippen LogP contribution in [0.15, 0.2) is 72.8 Å². The molecule has 0 saturated carbocycles. The molecule has 182 valence electrons. The molecular formula is C27H28ClN3O4. The molecule has 0 aromatic heterocycles. The lowest BCUT2D eigenvalue weighted by Gasteiger charge is -2.37. The van der Waals surface area contributed by atoms with Crippen LogP contribution >= 0.6 is 11.6 Å². The second kappa shape index (κ2) is 11.1. The van der Waals surface area contributed by atoms with E-state index in [4.69, 9.17) is 21.1 Å². The molecule has 0 spiro atoms. The zero-order valence-corrected chi connectivity index (χ0v) is 20.4. The summed E-state index contributed by atoms with van der Waals surface area (Å²) in [5.74, 6) is 0.585. The van der Waals surface area contributed by atoms with Gasteiger partial charge in [-0.15, -0.1) is 0 Å². The molecule has 2 unspecified atom stereocenters. The Bertz CT molecular complexity index is 1170. The van der Waals surface area contributed by atoms with Crippen LogP contribution in [0.25, 0.3) is 0 Å². The normalized spacial score (nSPS) is 17.4. The van der Waals surface area contributed by atoms with Gasteiger partial charge in [0.2, 0.25) is 5.91 Å². The number of amides is 3. The predicted molar refractivity (Wildman–Crippen MR) is 138 cm³/mol. The van der Waals surface area contributed by atoms with Crippen LogP contribution in [0.4, 0.5) is 16.2 Å². The number of hydrogen-bond acceptors (Lipinski definition) is 4. The third-order valence-corrected chi connectivity index (χ3v) is 6.39. The first kappa shape index (κ1) is 24.4. The fraction of sp³-hybridized carbons (Fsp3) is 0.259. The molecule has 2 N–H and O–H groups in total. The molecule has 4 rings (SSSR count). The number of halogens is 1. The average Bonchev–Trinajstić information content (AvgIpc) is 2.90. The molecule has 2 atom stereocenters. The maximum Gasteiger partial charge on any atom is 0.321 e. The van der Waals surface area contributed by atoms with Crippen molar-refractivity contribution in [1.29, 1.82) is 0 Å². The van der Waals surface area contributed by atoms with Crippen molar-refractivity contribution in [2.75, 3.05) is 37.9 Å². The van der Waals surface area contributed by atoms with E-state index in [9.17, 15) is 9.59 Å². The molecule has 1 heterocycles. The number of methoxy groups -OCH3 is 2. The molecule has 1 saturated heterocycles. The van der Waals surface area contributed by atoms with Gasteiger partial charge >= 0.3 is 6.03 Å². The minimum Gasteiger partial charge on any atom is -0.497 e. The van der Waals surface area contributed by atoms with E-state index in [1.807, 2.05) is 30.3 Å². The molecule has 3 aromatic rings. The van der Waals surface area contributed by atoms with E-state index in [2.05, 4.69) is 10.6 Å². The number of carbonyl (C=O) groups is 2. The van der Waals surface area contributed by atoms with Gasteiger partial charge in [0.25, 0.3) is 0 Å². The van der Waals surface area contributed by atoms with Crippen LogP contribution in [-0.4, -0.2) is 44.1 Å². The predicted octanol–water partition coefficient (Wildman–Crippen LogP) is 5.63. The van der Waals surface area contributed by atoms with Gasteiger partial charge in [-0.05, 0) is 48.4 Å². The van der Waals surface area contributed by atoms with Gasteiger partial charge in [0.15, 0.2) is 0 Å². The minimum atomic E-state index is -0.406. The highest BCUT2D eigenvalue weighted by molar-refractivity contribution is 6.30. The standard InChI is InChI=1S/C27H28ClN3O4/c1-34-23-12-13-24(25(15-23)35-2)30-26(32)20-14-19(18-6-4-3-5-7-18)16-31(17-20)27(33)29-22-10-8-21(28)9-11-22/h3-13,15,19-20H,14,16-17H2,1-2H3,(H,29,33)(H,30,32). The van der Waals surface area contributed by atoms with Crippen LogP contribution in [0.3, 0.4) is 0 Å². The van der Waals surface area contributed by atoms with Crippen molar-refractivity contribution in [3.8, 4) is 11.5 Å². The number of benzene rings is 3. The Hall–Kier alpha value is -3.71. The number of likely N-dealkylation sites (tertiary alicyclic amines) is 1. The third kappa shape index (κ3) is 6.05. The highest BCUT2D eigenvalue weighted by Crippen LogP contribution is 2.33. The first-order chi connectivity index (χ1) is 17.0. The summed E-state index contributed by atoms with van der Waals surface area (Å²) in [5, 5.41) is 6.48. The summed E-state index contributed by atoms with van der Waals surface area (Å²) in [4.78, 5) is 28.2. The van der Waals surface area contributed by atoms with E-state index in [0.717, 1.165) is 5.56 Å². The zero-order chi connectivity index (χ0) is 24.8. The van der Waals surface area contributed by atoms with Crippen molar-refractivity contribution >= 4 is 34.9 Å². The molecule has 1 aliphatic rings. The maximum atomic E-state index is 13.4. The summed E-state index contributed by atoms with van der Waals surface area (Å²) in [6, 6.07) is 21.9. The summed E-state index contributed by atoms with van der Waals surface area (Å²) >= 11 is 5.96. The number of urea groups is 1. The zero-order valence-electron chi connectivity index (χ0n) is 19.7. The van der Waals surface area contributed by atoms with Gasteiger partial charge in [-0.1, -0.05) is 41.9 Å². The lowest BCUT2D eigenvalue weighted by atomic mass is 9.84. The van der Waals surface area contributed by atoms with Gasteiger partial charge in [0, 0.05) is 35.8 Å². The van der Waals surface area contributed by atoms with Crippen molar-refractivity contribution < 1.29 is 19.1 Å². The third-order valence-electron chi connectivity index (χ3n) is 6.14. The Morgan fingerprint density at radius 2 is 1.66 bits per heavy atom. The molecule has 0 bridgehead atoms. The summed E-state index contributed by atoms with van der Waals surface area (Å²) < 4.78 is 10.7. The van der Waals surface area contributed by atoms with Crippen molar-refractivity contribution in [3.63, 3.8) is 0 Å². The largest absolute Gasteiger partial charge is 0.497 e. The number of piperidine rings is 1. The van der Waals surface area contributed by atoms with Crippen LogP contribution in [0.5, 0.6) is 11.5 Å². The molecule has 0 aliphatic carbocycles. The van der Waals surface area contributed by atoms with E-state index < -0.39 is 5.92 Å². The molecule has 7 nitrogen and oxygen atoms in total. The number of anilines is 2. The lowest BCUT2D eigenvalue weighted by Crippen LogP contribution is -2.48. The maximum absolute atomic E-state index is 13.4. The van der Waals surface area contributed by atoms with E-state index in [-0.39, 0.29) is 17.9 Å². The Morgan fingerprint density at radius 1 is 0.914 bits per heavy atom. The highest BCUT2D eigenvalue weighted by Gasteiger charge is 2.35. The topological polar surface area (TPSA) is 79.9 Å². The fourth-order valence-corrected chi connectivity index (χ4v) is 4.42. The quantitative estimate of drug-likeness (QED) is 0.466. The van der Waals surface area contributed by atoms with Gasteiger partial charge < -0.3 is 25.0 Å². The fourth-order valence-electron chi connectivity index (χ4n) is 4.29. The van der Waals surface area contributed by atoms with Crippen molar-refractivity contribution in [2.45, 2.75) is 12.3 Å². The molecule has 3 aromatic carbocycles. The number of rotatable bonds is 6. The summed E-state index contributed by atoms with van der Waals surface area (Å²) in [7, 11) is 3.11. The number of nitrogens with zero attached hydrogens (tertiary/aromatic N) is 1. The Balaban J connectivity index is 1.54. The monoisotopic (exact) mass is 493 g/mol. The van der Waals surface area contributed by atoms with E-state index in [1.165, 1.54) is 0 Å². The van der Waals surface area contributed by atoms with Gasteiger partial charge in [0.1, 0.15) is 11.5 Å². The summed E-state index contributed by atoms with van der Waals surface area (Å²) in [6.07, 6.45) is 0.624. The SMILES string of the molecule is COc1ccc(NC(=O)C2CC(c3ccccc3)CN(C(=O)Nc3ccc(Cl)cc3)C2)c(OC)c1. The Morgan fingerprint density at radius 3 is 2.34 bits per heavy atom. The number of carbonyl (C=O) groups excluding carboxylic acids is 2. The second-order valence-electron chi connectivity index (χ2n) is 8.44. The number of ether oxygens (including phenoxy) is 2.